The third kappa shape index (κ3) is 2.57. The molecule has 100 valence electrons. The molecule has 0 aliphatic heterocycles. The molecule has 0 unspecified atom stereocenters. The zero-order chi connectivity index (χ0) is 14.0. The number of hydrogen-bond donors (Lipinski definition) is 0. The molecule has 0 bridgehead atoms. The number of carbonyl (C=O) groups excluding carboxylic acids is 1. The van der Waals surface area contributed by atoms with Crippen LogP contribution in [0.25, 0.3) is 5.69 Å². The Labute approximate surface area is 113 Å². The van der Waals surface area contributed by atoms with Crippen molar-refractivity contribution in [3.05, 3.63) is 40.7 Å². The first-order chi connectivity index (χ1) is 9.04. The van der Waals surface area contributed by atoms with Gasteiger partial charge in [0.1, 0.15) is 5.69 Å². The van der Waals surface area contributed by atoms with Gasteiger partial charge in [0, 0.05) is 0 Å². The van der Waals surface area contributed by atoms with Crippen LogP contribution in [0.5, 0.6) is 0 Å². The summed E-state index contributed by atoms with van der Waals surface area (Å²) in [4.78, 5) is 11.1. The zero-order valence-electron chi connectivity index (χ0n) is 11.8. The number of rotatable bonds is 4. The molecule has 0 saturated heterocycles. The lowest BCUT2D eigenvalue weighted by atomic mass is 10.0. The summed E-state index contributed by atoms with van der Waals surface area (Å²) in [5.41, 5.74) is 4.69. The quantitative estimate of drug-likeness (QED) is 0.791. The Bertz CT molecular complexity index is 599. The van der Waals surface area contributed by atoms with Crippen LogP contribution in [0.15, 0.2) is 18.2 Å². The van der Waals surface area contributed by atoms with E-state index in [4.69, 9.17) is 0 Å². The highest BCUT2D eigenvalue weighted by molar-refractivity contribution is 5.73. The second kappa shape index (κ2) is 5.34. The molecule has 1 heterocycles. The summed E-state index contributed by atoms with van der Waals surface area (Å²) in [7, 11) is 0. The predicted octanol–water partition coefficient (Wildman–Crippen LogP) is 2.90. The standard InChI is InChI=1S/C15H19N3O/c1-10(2)8-15-13(9-19)16-17-18(15)14-7-5-6-11(3)12(14)4/h5-7,9-10H,8H2,1-4H3. The summed E-state index contributed by atoms with van der Waals surface area (Å²) in [5, 5.41) is 8.13. The highest BCUT2D eigenvalue weighted by Gasteiger charge is 2.16. The van der Waals surface area contributed by atoms with Crippen LogP contribution >= 0.6 is 0 Å². The minimum absolute atomic E-state index is 0.439. The van der Waals surface area contributed by atoms with Crippen molar-refractivity contribution >= 4 is 6.29 Å². The highest BCUT2D eigenvalue weighted by atomic mass is 16.1. The minimum atomic E-state index is 0.439. The Hall–Kier alpha value is -1.97. The third-order valence-electron chi connectivity index (χ3n) is 3.31. The van der Waals surface area contributed by atoms with E-state index in [0.717, 1.165) is 29.7 Å². The number of carbonyl (C=O) groups is 1. The van der Waals surface area contributed by atoms with E-state index in [1.807, 2.05) is 12.1 Å². The van der Waals surface area contributed by atoms with Gasteiger partial charge < -0.3 is 0 Å². The van der Waals surface area contributed by atoms with Crippen LogP contribution in [0.3, 0.4) is 0 Å². The molecule has 19 heavy (non-hydrogen) atoms. The van der Waals surface area contributed by atoms with Crippen LogP contribution in [0.1, 0.15) is 41.2 Å². The van der Waals surface area contributed by atoms with E-state index in [1.165, 1.54) is 5.56 Å². The maximum Gasteiger partial charge on any atom is 0.172 e. The number of aryl methyl sites for hydroxylation is 1. The number of aldehydes is 1. The van der Waals surface area contributed by atoms with Crippen molar-refractivity contribution in [2.75, 3.05) is 0 Å². The first-order valence-corrected chi connectivity index (χ1v) is 6.51. The second-order valence-corrected chi connectivity index (χ2v) is 5.27. The lowest BCUT2D eigenvalue weighted by Gasteiger charge is -2.12. The molecule has 0 aliphatic carbocycles. The van der Waals surface area contributed by atoms with Gasteiger partial charge in [-0.05, 0) is 43.4 Å². The maximum absolute atomic E-state index is 11.1. The molecule has 0 saturated carbocycles. The molecule has 1 aromatic carbocycles. The Morgan fingerprint density at radius 3 is 2.68 bits per heavy atom. The Balaban J connectivity index is 2.59. The molecule has 0 N–H and O–H groups in total. The van der Waals surface area contributed by atoms with Crippen LogP contribution in [-0.4, -0.2) is 21.3 Å². The summed E-state index contributed by atoms with van der Waals surface area (Å²) in [6.07, 6.45) is 1.57. The van der Waals surface area contributed by atoms with Crippen molar-refractivity contribution in [2.24, 2.45) is 5.92 Å². The fourth-order valence-electron chi connectivity index (χ4n) is 2.14. The molecule has 1 aromatic heterocycles. The fraction of sp³-hybridized carbons (Fsp3) is 0.400. The van der Waals surface area contributed by atoms with Crippen molar-refractivity contribution in [3.8, 4) is 5.69 Å². The average molecular weight is 257 g/mol. The van der Waals surface area contributed by atoms with Gasteiger partial charge in [0.15, 0.2) is 6.29 Å². The van der Waals surface area contributed by atoms with Gasteiger partial charge in [-0.25, -0.2) is 4.68 Å². The van der Waals surface area contributed by atoms with Gasteiger partial charge in [0.25, 0.3) is 0 Å². The Morgan fingerprint density at radius 1 is 1.32 bits per heavy atom. The summed E-state index contributed by atoms with van der Waals surface area (Å²) in [6, 6.07) is 6.08. The molecule has 0 spiro atoms. The summed E-state index contributed by atoms with van der Waals surface area (Å²) in [5.74, 6) is 0.445. The topological polar surface area (TPSA) is 47.8 Å². The van der Waals surface area contributed by atoms with Gasteiger partial charge in [-0.2, -0.15) is 0 Å². The number of aromatic nitrogens is 3. The van der Waals surface area contributed by atoms with E-state index in [2.05, 4.69) is 44.1 Å². The molecule has 0 atom stereocenters. The first-order valence-electron chi connectivity index (χ1n) is 6.51. The normalized spacial score (nSPS) is 11.0. The highest BCUT2D eigenvalue weighted by Crippen LogP contribution is 2.20. The smallest absolute Gasteiger partial charge is 0.172 e. The number of hydrogen-bond acceptors (Lipinski definition) is 3. The SMILES string of the molecule is Cc1cccc(-n2nnc(C=O)c2CC(C)C)c1C. The number of nitrogens with zero attached hydrogens (tertiary/aromatic N) is 3. The molecule has 2 rings (SSSR count). The van der Waals surface area contributed by atoms with Gasteiger partial charge in [-0.3, -0.25) is 4.79 Å². The van der Waals surface area contributed by atoms with Crippen LogP contribution in [0, 0.1) is 19.8 Å². The van der Waals surface area contributed by atoms with E-state index < -0.39 is 0 Å². The van der Waals surface area contributed by atoms with E-state index >= 15 is 0 Å². The minimum Gasteiger partial charge on any atom is -0.296 e. The summed E-state index contributed by atoms with van der Waals surface area (Å²) in [6.45, 7) is 8.37. The van der Waals surface area contributed by atoms with Crippen LogP contribution in [-0.2, 0) is 6.42 Å². The molecular formula is C15H19N3O. The lowest BCUT2D eigenvalue weighted by Crippen LogP contribution is -2.08. The van der Waals surface area contributed by atoms with Gasteiger partial charge >= 0.3 is 0 Å². The maximum atomic E-state index is 11.1. The van der Waals surface area contributed by atoms with Crippen LogP contribution in [0.4, 0.5) is 0 Å². The van der Waals surface area contributed by atoms with E-state index in [-0.39, 0.29) is 0 Å². The van der Waals surface area contributed by atoms with Crippen LogP contribution in [0.2, 0.25) is 0 Å². The molecule has 0 radical (unpaired) electrons. The van der Waals surface area contributed by atoms with Crippen molar-refractivity contribution in [3.63, 3.8) is 0 Å². The van der Waals surface area contributed by atoms with Crippen molar-refractivity contribution in [1.29, 1.82) is 0 Å². The fourth-order valence-corrected chi connectivity index (χ4v) is 2.14. The molecule has 0 fully saturated rings. The largest absolute Gasteiger partial charge is 0.296 e. The Kier molecular flexibility index (Phi) is 3.79. The van der Waals surface area contributed by atoms with Gasteiger partial charge in [-0.15, -0.1) is 5.10 Å². The van der Waals surface area contributed by atoms with Gasteiger partial charge in [0.05, 0.1) is 11.4 Å². The van der Waals surface area contributed by atoms with E-state index in [0.29, 0.717) is 11.6 Å². The molecule has 0 aliphatic rings. The molecule has 4 nitrogen and oxygen atoms in total. The van der Waals surface area contributed by atoms with Crippen LogP contribution < -0.4 is 0 Å². The zero-order valence-corrected chi connectivity index (χ0v) is 11.8. The van der Waals surface area contributed by atoms with Crippen molar-refractivity contribution < 1.29 is 4.79 Å². The van der Waals surface area contributed by atoms with E-state index in [1.54, 1.807) is 4.68 Å². The summed E-state index contributed by atoms with van der Waals surface area (Å²) >= 11 is 0. The lowest BCUT2D eigenvalue weighted by molar-refractivity contribution is 0.111. The molecule has 4 heteroatoms. The third-order valence-corrected chi connectivity index (χ3v) is 3.31. The first kappa shape index (κ1) is 13.5. The van der Waals surface area contributed by atoms with Crippen molar-refractivity contribution in [2.45, 2.75) is 34.1 Å². The monoisotopic (exact) mass is 257 g/mol. The number of benzene rings is 1. The Morgan fingerprint density at radius 2 is 2.05 bits per heavy atom. The van der Waals surface area contributed by atoms with Gasteiger partial charge in [0.2, 0.25) is 0 Å². The average Bonchev–Trinajstić information content (AvgIpc) is 2.75. The predicted molar refractivity (Wildman–Crippen MR) is 74.8 cm³/mol. The molecular weight excluding hydrogens is 238 g/mol. The van der Waals surface area contributed by atoms with E-state index in [9.17, 15) is 4.79 Å². The molecule has 2 aromatic rings. The van der Waals surface area contributed by atoms with Crippen molar-refractivity contribution in [1.82, 2.24) is 15.0 Å². The second-order valence-electron chi connectivity index (χ2n) is 5.27. The van der Waals surface area contributed by atoms with Gasteiger partial charge in [-0.1, -0.05) is 31.2 Å². The summed E-state index contributed by atoms with van der Waals surface area (Å²) < 4.78 is 1.80. The molecule has 0 amide bonds.